The van der Waals surface area contributed by atoms with Crippen molar-refractivity contribution in [2.75, 3.05) is 26.0 Å². The molecule has 126 valence electrons. The number of aryl methyl sites for hydroxylation is 1. The fourth-order valence-electron chi connectivity index (χ4n) is 1.70. The Hall–Kier alpha value is -1.15. The van der Waals surface area contributed by atoms with Crippen LogP contribution in [0.4, 0.5) is 5.69 Å². The van der Waals surface area contributed by atoms with E-state index in [1.807, 2.05) is 6.92 Å². The van der Waals surface area contributed by atoms with E-state index in [4.69, 9.17) is 0 Å². The summed E-state index contributed by atoms with van der Waals surface area (Å²) in [5, 5.41) is 5.45. The summed E-state index contributed by atoms with van der Waals surface area (Å²) in [5.41, 5.74) is 1.32. The number of hydrogen-bond acceptors (Lipinski definition) is 4. The summed E-state index contributed by atoms with van der Waals surface area (Å²) in [6.07, 6.45) is 0. The number of sulfonamides is 1. The fourth-order valence-corrected chi connectivity index (χ4v) is 3.09. The van der Waals surface area contributed by atoms with Crippen LogP contribution in [0.25, 0.3) is 0 Å². The molecule has 0 unspecified atom stereocenters. The van der Waals surface area contributed by atoms with Crippen molar-refractivity contribution in [2.24, 2.45) is 0 Å². The fraction of sp³-hybridized carbons (Fsp3) is 0.500. The molecule has 0 aromatic heterocycles. The van der Waals surface area contributed by atoms with E-state index >= 15 is 0 Å². The Labute approximate surface area is 138 Å². The Balaban J connectivity index is 0.00000441. The molecule has 0 heterocycles. The first-order valence-electron chi connectivity index (χ1n) is 6.73. The smallest absolute Gasteiger partial charge is 0.243 e. The van der Waals surface area contributed by atoms with Crippen LogP contribution in [-0.4, -0.2) is 45.3 Å². The molecule has 0 bridgehead atoms. The van der Waals surface area contributed by atoms with Crippen molar-refractivity contribution in [1.29, 1.82) is 0 Å². The topological polar surface area (TPSA) is 78.5 Å². The number of carbonyl (C=O) groups is 1. The van der Waals surface area contributed by atoms with Crippen LogP contribution in [0.1, 0.15) is 19.4 Å². The van der Waals surface area contributed by atoms with Gasteiger partial charge in [-0.2, -0.15) is 4.31 Å². The predicted molar refractivity (Wildman–Crippen MR) is 91.1 cm³/mol. The summed E-state index contributed by atoms with van der Waals surface area (Å²) >= 11 is 0. The molecule has 2 N–H and O–H groups in total. The molecule has 0 saturated heterocycles. The number of benzene rings is 1. The van der Waals surface area contributed by atoms with Gasteiger partial charge in [-0.25, -0.2) is 8.42 Å². The highest BCUT2D eigenvalue weighted by atomic mass is 35.5. The van der Waals surface area contributed by atoms with E-state index < -0.39 is 10.0 Å². The molecule has 8 heteroatoms. The van der Waals surface area contributed by atoms with Crippen LogP contribution in [0.3, 0.4) is 0 Å². The van der Waals surface area contributed by atoms with Crippen LogP contribution >= 0.6 is 12.4 Å². The third-order valence-corrected chi connectivity index (χ3v) is 5.25. The molecule has 0 aliphatic rings. The van der Waals surface area contributed by atoms with Crippen LogP contribution in [0, 0.1) is 6.92 Å². The van der Waals surface area contributed by atoms with Crippen molar-refractivity contribution >= 4 is 34.0 Å². The molecular formula is C14H24ClN3O3S. The normalized spacial score (nSPS) is 11.4. The van der Waals surface area contributed by atoms with E-state index in [1.165, 1.54) is 10.4 Å². The van der Waals surface area contributed by atoms with Gasteiger partial charge in [0.2, 0.25) is 15.9 Å². The average Bonchev–Trinajstić information content (AvgIpc) is 2.40. The minimum atomic E-state index is -3.56. The number of anilines is 1. The second-order valence-corrected chi connectivity index (χ2v) is 7.17. The summed E-state index contributed by atoms with van der Waals surface area (Å²) in [5.74, 6) is -0.215. The van der Waals surface area contributed by atoms with Gasteiger partial charge >= 0.3 is 0 Å². The zero-order chi connectivity index (χ0) is 16.2. The molecule has 0 radical (unpaired) electrons. The summed E-state index contributed by atoms with van der Waals surface area (Å²) < 4.78 is 26.2. The standard InChI is InChI=1S/C14H23N3O3S.ClH/c1-10(2)17(5)21(19,20)12-7-6-11(3)13(8-12)16-14(18)9-15-4;/h6-8,10,15H,9H2,1-5H3,(H,16,18);1H. The number of hydrogen-bond donors (Lipinski definition) is 2. The van der Waals surface area contributed by atoms with Gasteiger partial charge in [0.15, 0.2) is 0 Å². The molecule has 1 aromatic rings. The van der Waals surface area contributed by atoms with Gasteiger partial charge in [0.1, 0.15) is 0 Å². The van der Waals surface area contributed by atoms with Crippen LogP contribution < -0.4 is 10.6 Å². The van der Waals surface area contributed by atoms with E-state index in [0.717, 1.165) is 5.56 Å². The van der Waals surface area contributed by atoms with Gasteiger partial charge in [0.05, 0.1) is 11.4 Å². The van der Waals surface area contributed by atoms with Crippen molar-refractivity contribution in [1.82, 2.24) is 9.62 Å². The number of carbonyl (C=O) groups excluding carboxylic acids is 1. The highest BCUT2D eigenvalue weighted by Crippen LogP contribution is 2.23. The summed E-state index contributed by atoms with van der Waals surface area (Å²) in [4.78, 5) is 11.8. The zero-order valence-corrected chi connectivity index (χ0v) is 15.1. The van der Waals surface area contributed by atoms with Crippen LogP contribution in [-0.2, 0) is 14.8 Å². The maximum absolute atomic E-state index is 12.4. The quantitative estimate of drug-likeness (QED) is 0.817. The third-order valence-electron chi connectivity index (χ3n) is 3.22. The SMILES string of the molecule is CNCC(=O)Nc1cc(S(=O)(=O)N(C)C(C)C)ccc1C.Cl. The Kier molecular flexibility index (Phi) is 8.03. The van der Waals surface area contributed by atoms with Crippen LogP contribution in [0.2, 0.25) is 0 Å². The summed E-state index contributed by atoms with van der Waals surface area (Å²) in [7, 11) is -0.347. The maximum atomic E-state index is 12.4. The van der Waals surface area contributed by atoms with Gasteiger partial charge in [-0.15, -0.1) is 12.4 Å². The highest BCUT2D eigenvalue weighted by Gasteiger charge is 2.23. The molecule has 0 fully saturated rings. The van der Waals surface area contributed by atoms with Crippen molar-refractivity contribution in [2.45, 2.75) is 31.7 Å². The minimum absolute atomic E-state index is 0. The number of rotatable bonds is 6. The second kappa shape index (κ2) is 8.47. The first-order valence-corrected chi connectivity index (χ1v) is 8.17. The predicted octanol–water partition coefficient (Wildman–Crippen LogP) is 1.60. The number of amides is 1. The second-order valence-electron chi connectivity index (χ2n) is 5.17. The molecule has 0 atom stereocenters. The van der Waals surface area contributed by atoms with Crippen LogP contribution in [0.5, 0.6) is 0 Å². The Morgan fingerprint density at radius 1 is 1.32 bits per heavy atom. The summed E-state index contributed by atoms with van der Waals surface area (Å²) in [6.45, 7) is 5.60. The van der Waals surface area contributed by atoms with Crippen molar-refractivity contribution in [3.8, 4) is 0 Å². The highest BCUT2D eigenvalue weighted by molar-refractivity contribution is 7.89. The Morgan fingerprint density at radius 3 is 2.41 bits per heavy atom. The first kappa shape index (κ1) is 20.9. The number of nitrogens with one attached hydrogen (secondary N) is 2. The molecular weight excluding hydrogens is 326 g/mol. The molecule has 22 heavy (non-hydrogen) atoms. The maximum Gasteiger partial charge on any atom is 0.243 e. The molecule has 1 aromatic carbocycles. The van der Waals surface area contributed by atoms with E-state index in [1.54, 1.807) is 40.1 Å². The monoisotopic (exact) mass is 349 g/mol. The van der Waals surface area contributed by atoms with E-state index in [0.29, 0.717) is 5.69 Å². The van der Waals surface area contributed by atoms with Crippen LogP contribution in [0.15, 0.2) is 23.1 Å². The molecule has 0 spiro atoms. The molecule has 0 aliphatic carbocycles. The molecule has 1 amide bonds. The number of likely N-dealkylation sites (N-methyl/N-ethyl adjacent to an activating group) is 1. The molecule has 0 saturated carbocycles. The third kappa shape index (κ3) is 4.95. The lowest BCUT2D eigenvalue weighted by molar-refractivity contribution is -0.115. The lowest BCUT2D eigenvalue weighted by Crippen LogP contribution is -2.33. The lowest BCUT2D eigenvalue weighted by atomic mass is 10.2. The van der Waals surface area contributed by atoms with Gasteiger partial charge in [0, 0.05) is 18.8 Å². The Bertz CT molecular complexity index is 618. The largest absolute Gasteiger partial charge is 0.325 e. The number of halogens is 1. The minimum Gasteiger partial charge on any atom is -0.325 e. The van der Waals surface area contributed by atoms with Gasteiger partial charge in [-0.3, -0.25) is 4.79 Å². The molecule has 6 nitrogen and oxygen atoms in total. The summed E-state index contributed by atoms with van der Waals surface area (Å²) in [6, 6.07) is 4.60. The average molecular weight is 350 g/mol. The van der Waals surface area contributed by atoms with Crippen molar-refractivity contribution in [3.63, 3.8) is 0 Å². The van der Waals surface area contributed by atoms with E-state index in [2.05, 4.69) is 10.6 Å². The van der Waals surface area contributed by atoms with Crippen molar-refractivity contribution < 1.29 is 13.2 Å². The van der Waals surface area contributed by atoms with Gasteiger partial charge in [-0.05, 0) is 45.5 Å². The van der Waals surface area contributed by atoms with Crippen molar-refractivity contribution in [3.05, 3.63) is 23.8 Å². The van der Waals surface area contributed by atoms with Gasteiger partial charge < -0.3 is 10.6 Å². The van der Waals surface area contributed by atoms with E-state index in [9.17, 15) is 13.2 Å². The zero-order valence-electron chi connectivity index (χ0n) is 13.5. The Morgan fingerprint density at radius 2 is 1.91 bits per heavy atom. The van der Waals surface area contributed by atoms with Gasteiger partial charge in [0.25, 0.3) is 0 Å². The lowest BCUT2D eigenvalue weighted by Gasteiger charge is -2.21. The first-order chi connectivity index (χ1) is 9.70. The number of nitrogens with zero attached hydrogens (tertiary/aromatic N) is 1. The molecule has 0 aliphatic heterocycles. The van der Waals surface area contributed by atoms with Gasteiger partial charge in [-0.1, -0.05) is 6.07 Å². The van der Waals surface area contributed by atoms with E-state index in [-0.39, 0.29) is 35.8 Å². The molecule has 1 rings (SSSR count).